The Morgan fingerprint density at radius 2 is 1.62 bits per heavy atom. The van der Waals surface area contributed by atoms with Crippen LogP contribution in [-0.2, 0) is 0 Å². The molecule has 0 aliphatic heterocycles. The van der Waals surface area contributed by atoms with Gasteiger partial charge in [-0.25, -0.2) is 9.97 Å². The van der Waals surface area contributed by atoms with Crippen molar-refractivity contribution in [3.63, 3.8) is 0 Å². The normalized spacial score (nSPS) is 10.2. The van der Waals surface area contributed by atoms with E-state index in [1.165, 1.54) is 0 Å². The smallest absolute Gasteiger partial charge is 0.274 e. The van der Waals surface area contributed by atoms with Crippen molar-refractivity contribution in [2.45, 2.75) is 13.8 Å². The number of hydrogen-bond donors (Lipinski definition) is 2. The third kappa shape index (κ3) is 3.57. The van der Waals surface area contributed by atoms with Crippen LogP contribution >= 0.6 is 0 Å². The number of anilines is 3. The van der Waals surface area contributed by atoms with Crippen molar-refractivity contribution in [2.24, 2.45) is 0 Å². The molecule has 3 rings (SSSR count). The van der Waals surface area contributed by atoms with Crippen LogP contribution in [0.1, 0.15) is 21.6 Å². The molecule has 0 atom stereocenters. The molecule has 2 N–H and O–H groups in total. The van der Waals surface area contributed by atoms with Gasteiger partial charge >= 0.3 is 0 Å². The molecule has 2 aromatic carbocycles. The zero-order chi connectivity index (χ0) is 16.9. The van der Waals surface area contributed by atoms with Gasteiger partial charge in [0.1, 0.15) is 5.69 Å². The number of benzene rings is 2. The van der Waals surface area contributed by atoms with Crippen LogP contribution in [0.2, 0.25) is 0 Å². The SMILES string of the molecule is Cc1cccc(C)c1Nc1nccc(C(=O)Nc2ccccc2)n1. The molecule has 0 spiro atoms. The van der Waals surface area contributed by atoms with Crippen LogP contribution < -0.4 is 10.6 Å². The Morgan fingerprint density at radius 3 is 2.33 bits per heavy atom. The van der Waals surface area contributed by atoms with Gasteiger partial charge in [-0.05, 0) is 43.2 Å². The zero-order valence-corrected chi connectivity index (χ0v) is 13.6. The van der Waals surface area contributed by atoms with Crippen LogP contribution in [0, 0.1) is 13.8 Å². The lowest BCUT2D eigenvalue weighted by atomic mass is 10.1. The van der Waals surface area contributed by atoms with Crippen molar-refractivity contribution in [3.8, 4) is 0 Å². The fraction of sp³-hybridized carbons (Fsp3) is 0.105. The number of hydrogen-bond acceptors (Lipinski definition) is 4. The van der Waals surface area contributed by atoms with Crippen LogP contribution in [0.3, 0.4) is 0 Å². The first-order valence-electron chi connectivity index (χ1n) is 7.66. The maximum Gasteiger partial charge on any atom is 0.274 e. The van der Waals surface area contributed by atoms with Crippen LogP contribution in [0.5, 0.6) is 0 Å². The second kappa shape index (κ2) is 6.91. The summed E-state index contributed by atoms with van der Waals surface area (Å²) in [5.41, 5.74) is 4.18. The van der Waals surface area contributed by atoms with Gasteiger partial charge in [0.05, 0.1) is 0 Å². The summed E-state index contributed by atoms with van der Waals surface area (Å²) in [7, 11) is 0. The first-order valence-corrected chi connectivity index (χ1v) is 7.66. The van der Waals surface area contributed by atoms with Crippen molar-refractivity contribution in [1.82, 2.24) is 9.97 Å². The lowest BCUT2D eigenvalue weighted by Crippen LogP contribution is -2.14. The zero-order valence-electron chi connectivity index (χ0n) is 13.6. The predicted octanol–water partition coefficient (Wildman–Crippen LogP) is 4.09. The fourth-order valence-electron chi connectivity index (χ4n) is 2.39. The molecule has 0 saturated heterocycles. The van der Waals surface area contributed by atoms with Crippen molar-refractivity contribution in [2.75, 3.05) is 10.6 Å². The molecular weight excluding hydrogens is 300 g/mol. The lowest BCUT2D eigenvalue weighted by Gasteiger charge is -2.11. The average Bonchev–Trinajstić information content (AvgIpc) is 2.59. The molecule has 0 radical (unpaired) electrons. The van der Waals surface area contributed by atoms with E-state index in [4.69, 9.17) is 0 Å². The van der Waals surface area contributed by atoms with Gasteiger partial charge in [-0.15, -0.1) is 0 Å². The summed E-state index contributed by atoms with van der Waals surface area (Å²) in [5.74, 6) is 0.126. The number of aromatic nitrogens is 2. The molecule has 3 aromatic rings. The Hall–Kier alpha value is -3.21. The van der Waals surface area contributed by atoms with Crippen LogP contribution in [0.15, 0.2) is 60.8 Å². The predicted molar refractivity (Wildman–Crippen MR) is 95.6 cm³/mol. The van der Waals surface area contributed by atoms with Crippen molar-refractivity contribution in [3.05, 3.63) is 77.6 Å². The molecule has 5 nitrogen and oxygen atoms in total. The summed E-state index contributed by atoms with van der Waals surface area (Å²) in [6, 6.07) is 16.9. The molecule has 0 bridgehead atoms. The van der Waals surface area contributed by atoms with Gasteiger partial charge in [0.25, 0.3) is 5.91 Å². The first-order chi connectivity index (χ1) is 11.6. The summed E-state index contributed by atoms with van der Waals surface area (Å²) < 4.78 is 0. The fourth-order valence-corrected chi connectivity index (χ4v) is 2.39. The number of rotatable bonds is 4. The quantitative estimate of drug-likeness (QED) is 0.760. The van der Waals surface area contributed by atoms with Crippen molar-refractivity contribution in [1.29, 1.82) is 0 Å². The van der Waals surface area contributed by atoms with E-state index in [9.17, 15) is 4.79 Å². The van der Waals surface area contributed by atoms with Gasteiger partial charge in [0.15, 0.2) is 0 Å². The van der Waals surface area contributed by atoms with Crippen LogP contribution in [0.25, 0.3) is 0 Å². The third-order valence-corrected chi connectivity index (χ3v) is 3.64. The minimum atomic E-state index is -0.270. The van der Waals surface area contributed by atoms with Gasteiger partial charge < -0.3 is 10.6 Å². The molecule has 1 amide bonds. The van der Waals surface area contributed by atoms with E-state index >= 15 is 0 Å². The molecule has 0 unspecified atom stereocenters. The van der Waals surface area contributed by atoms with Crippen LogP contribution in [0.4, 0.5) is 17.3 Å². The Bertz CT molecular complexity index is 842. The largest absolute Gasteiger partial charge is 0.324 e. The van der Waals surface area contributed by atoms with Crippen molar-refractivity contribution >= 4 is 23.2 Å². The molecule has 0 aliphatic rings. The molecule has 0 saturated carbocycles. The highest BCUT2D eigenvalue weighted by Crippen LogP contribution is 2.22. The monoisotopic (exact) mass is 318 g/mol. The number of para-hydroxylation sites is 2. The molecule has 0 fully saturated rings. The van der Waals surface area contributed by atoms with Gasteiger partial charge in [0.2, 0.25) is 5.95 Å². The summed E-state index contributed by atoms with van der Waals surface area (Å²) in [5, 5.41) is 6.01. The number of aryl methyl sites for hydroxylation is 2. The maximum atomic E-state index is 12.3. The average molecular weight is 318 g/mol. The number of nitrogens with one attached hydrogen (secondary N) is 2. The molecule has 1 heterocycles. The first kappa shape index (κ1) is 15.7. The van der Waals surface area contributed by atoms with Gasteiger partial charge in [0, 0.05) is 17.6 Å². The highest BCUT2D eigenvalue weighted by Gasteiger charge is 2.10. The molecule has 5 heteroatoms. The van der Waals surface area contributed by atoms with E-state index in [1.54, 1.807) is 12.3 Å². The number of amides is 1. The Morgan fingerprint density at radius 1 is 0.917 bits per heavy atom. The summed E-state index contributed by atoms with van der Waals surface area (Å²) >= 11 is 0. The van der Waals surface area contributed by atoms with E-state index in [1.807, 2.05) is 62.4 Å². The lowest BCUT2D eigenvalue weighted by molar-refractivity contribution is 0.102. The number of carbonyl (C=O) groups is 1. The van der Waals surface area contributed by atoms with E-state index in [2.05, 4.69) is 20.6 Å². The second-order valence-electron chi connectivity index (χ2n) is 5.48. The summed E-state index contributed by atoms with van der Waals surface area (Å²) in [6.07, 6.45) is 1.57. The van der Waals surface area contributed by atoms with E-state index in [0.717, 1.165) is 22.5 Å². The van der Waals surface area contributed by atoms with E-state index in [-0.39, 0.29) is 5.91 Å². The molecule has 0 aliphatic carbocycles. The number of carbonyl (C=O) groups excluding carboxylic acids is 1. The Kier molecular flexibility index (Phi) is 4.52. The molecular formula is C19H18N4O. The Balaban J connectivity index is 1.80. The topological polar surface area (TPSA) is 66.9 Å². The highest BCUT2D eigenvalue weighted by molar-refractivity contribution is 6.02. The standard InChI is InChI=1S/C19H18N4O/c1-13-7-6-8-14(2)17(13)23-19-20-12-11-16(22-19)18(24)21-15-9-4-3-5-10-15/h3-12H,1-2H3,(H,21,24)(H,20,22,23). The van der Waals surface area contributed by atoms with Crippen LogP contribution in [-0.4, -0.2) is 15.9 Å². The summed E-state index contributed by atoms with van der Waals surface area (Å²) in [4.78, 5) is 20.8. The molecule has 1 aromatic heterocycles. The van der Waals surface area contributed by atoms with Gasteiger partial charge in [-0.3, -0.25) is 4.79 Å². The van der Waals surface area contributed by atoms with Gasteiger partial charge in [-0.2, -0.15) is 0 Å². The Labute approximate surface area is 140 Å². The third-order valence-electron chi connectivity index (χ3n) is 3.64. The van der Waals surface area contributed by atoms with E-state index < -0.39 is 0 Å². The second-order valence-corrected chi connectivity index (χ2v) is 5.48. The highest BCUT2D eigenvalue weighted by atomic mass is 16.1. The summed E-state index contributed by atoms with van der Waals surface area (Å²) in [6.45, 7) is 4.03. The molecule has 24 heavy (non-hydrogen) atoms. The maximum absolute atomic E-state index is 12.3. The minimum absolute atomic E-state index is 0.270. The van der Waals surface area contributed by atoms with E-state index in [0.29, 0.717) is 11.6 Å². The number of nitrogens with zero attached hydrogens (tertiary/aromatic N) is 2. The minimum Gasteiger partial charge on any atom is -0.324 e. The van der Waals surface area contributed by atoms with Crippen molar-refractivity contribution < 1.29 is 4.79 Å². The molecule has 120 valence electrons. The van der Waals surface area contributed by atoms with Gasteiger partial charge in [-0.1, -0.05) is 36.4 Å².